The summed E-state index contributed by atoms with van der Waals surface area (Å²) in [6, 6.07) is 9.32. The average molecular weight is 314 g/mol. The number of nitrogens with one attached hydrogen (secondary N) is 1. The van der Waals surface area contributed by atoms with Gasteiger partial charge in [-0.3, -0.25) is 4.79 Å². The number of aryl methyl sites for hydroxylation is 2. The van der Waals surface area contributed by atoms with Crippen molar-refractivity contribution in [3.8, 4) is 0 Å². The Morgan fingerprint density at radius 3 is 2.77 bits per heavy atom. The minimum Gasteiger partial charge on any atom is -0.346 e. The smallest absolute Gasteiger partial charge is 0.251 e. The van der Waals surface area contributed by atoms with Gasteiger partial charge in [0.15, 0.2) is 0 Å². The van der Waals surface area contributed by atoms with Crippen LogP contribution in [0.2, 0.25) is 5.02 Å². The molecule has 3 aromatic rings. The minimum atomic E-state index is -0.0989. The van der Waals surface area contributed by atoms with Gasteiger partial charge in [0.05, 0.1) is 17.3 Å². The Morgan fingerprint density at radius 2 is 2.00 bits per heavy atom. The molecular formula is C17H16ClN3O. The second-order valence-corrected chi connectivity index (χ2v) is 5.76. The first-order valence-corrected chi connectivity index (χ1v) is 7.39. The van der Waals surface area contributed by atoms with E-state index in [0.717, 1.165) is 16.9 Å². The minimum absolute atomic E-state index is 0.0989. The molecule has 22 heavy (non-hydrogen) atoms. The molecule has 0 unspecified atom stereocenters. The summed E-state index contributed by atoms with van der Waals surface area (Å²) in [6.45, 7) is 4.40. The highest BCUT2D eigenvalue weighted by molar-refractivity contribution is 6.30. The maximum Gasteiger partial charge on any atom is 0.251 e. The van der Waals surface area contributed by atoms with E-state index in [1.54, 1.807) is 12.3 Å². The quantitative estimate of drug-likeness (QED) is 0.804. The lowest BCUT2D eigenvalue weighted by atomic mass is 10.1. The van der Waals surface area contributed by atoms with Crippen LogP contribution >= 0.6 is 11.6 Å². The molecule has 1 aromatic carbocycles. The van der Waals surface area contributed by atoms with Crippen LogP contribution < -0.4 is 5.32 Å². The zero-order chi connectivity index (χ0) is 15.7. The molecular weight excluding hydrogens is 298 g/mol. The molecule has 2 heterocycles. The summed E-state index contributed by atoms with van der Waals surface area (Å²) in [6.07, 6.45) is 3.65. The highest BCUT2D eigenvalue weighted by Crippen LogP contribution is 2.12. The molecule has 0 bridgehead atoms. The SMILES string of the molecule is Cc1ccc(C(=O)NCc2cn3cc(Cl)ccc3n2)cc1C. The van der Waals surface area contributed by atoms with E-state index in [-0.39, 0.29) is 5.91 Å². The number of rotatable bonds is 3. The van der Waals surface area contributed by atoms with Crippen LogP contribution in [-0.2, 0) is 6.54 Å². The first kappa shape index (κ1) is 14.6. The maximum atomic E-state index is 12.2. The Balaban J connectivity index is 1.72. The third kappa shape index (κ3) is 2.97. The Bertz CT molecular complexity index is 854. The van der Waals surface area contributed by atoms with Crippen LogP contribution in [0.15, 0.2) is 42.7 Å². The molecule has 1 N–H and O–H groups in total. The number of nitrogens with zero attached hydrogens (tertiary/aromatic N) is 2. The molecule has 0 atom stereocenters. The number of carbonyl (C=O) groups excluding carboxylic acids is 1. The molecule has 0 radical (unpaired) electrons. The summed E-state index contributed by atoms with van der Waals surface area (Å²) < 4.78 is 1.85. The van der Waals surface area contributed by atoms with Crippen molar-refractivity contribution in [3.05, 3.63) is 70.1 Å². The highest BCUT2D eigenvalue weighted by atomic mass is 35.5. The van der Waals surface area contributed by atoms with E-state index in [4.69, 9.17) is 11.6 Å². The van der Waals surface area contributed by atoms with Crippen molar-refractivity contribution >= 4 is 23.2 Å². The van der Waals surface area contributed by atoms with Gasteiger partial charge in [0.2, 0.25) is 0 Å². The molecule has 0 fully saturated rings. The molecule has 0 aliphatic rings. The number of carbonyl (C=O) groups is 1. The standard InChI is InChI=1S/C17H16ClN3O/c1-11-3-4-13(7-12(11)2)17(22)19-8-15-10-21-9-14(18)5-6-16(21)20-15/h3-7,9-10H,8H2,1-2H3,(H,19,22). The number of halogens is 1. The largest absolute Gasteiger partial charge is 0.346 e. The average Bonchev–Trinajstić information content (AvgIpc) is 2.89. The van der Waals surface area contributed by atoms with Crippen molar-refractivity contribution in [1.29, 1.82) is 0 Å². The summed E-state index contributed by atoms with van der Waals surface area (Å²) in [5, 5.41) is 3.54. The van der Waals surface area contributed by atoms with Gasteiger partial charge in [-0.05, 0) is 49.2 Å². The zero-order valence-corrected chi connectivity index (χ0v) is 13.2. The molecule has 0 saturated heterocycles. The number of aromatic nitrogens is 2. The number of benzene rings is 1. The summed E-state index contributed by atoms with van der Waals surface area (Å²) in [5.41, 5.74) is 4.54. The van der Waals surface area contributed by atoms with E-state index in [1.165, 1.54) is 5.56 Å². The van der Waals surface area contributed by atoms with Gasteiger partial charge >= 0.3 is 0 Å². The van der Waals surface area contributed by atoms with Crippen LogP contribution in [-0.4, -0.2) is 15.3 Å². The predicted octanol–water partition coefficient (Wildman–Crippen LogP) is 3.53. The lowest BCUT2D eigenvalue weighted by Gasteiger charge is -2.06. The van der Waals surface area contributed by atoms with Crippen molar-refractivity contribution < 1.29 is 4.79 Å². The first-order valence-electron chi connectivity index (χ1n) is 7.01. The summed E-state index contributed by atoms with van der Waals surface area (Å²) in [5.74, 6) is -0.0989. The Morgan fingerprint density at radius 1 is 1.18 bits per heavy atom. The predicted molar refractivity (Wildman–Crippen MR) is 87.3 cm³/mol. The summed E-state index contributed by atoms with van der Waals surface area (Å²) in [4.78, 5) is 16.6. The number of amides is 1. The second-order valence-electron chi connectivity index (χ2n) is 5.33. The van der Waals surface area contributed by atoms with Gasteiger partial charge in [0.25, 0.3) is 5.91 Å². The van der Waals surface area contributed by atoms with Crippen LogP contribution in [0.1, 0.15) is 27.2 Å². The zero-order valence-electron chi connectivity index (χ0n) is 12.4. The third-order valence-electron chi connectivity index (χ3n) is 3.66. The van der Waals surface area contributed by atoms with E-state index in [2.05, 4.69) is 10.3 Å². The van der Waals surface area contributed by atoms with E-state index >= 15 is 0 Å². The molecule has 2 aromatic heterocycles. The van der Waals surface area contributed by atoms with E-state index in [0.29, 0.717) is 17.1 Å². The topological polar surface area (TPSA) is 46.4 Å². The number of hydrogen-bond acceptors (Lipinski definition) is 2. The molecule has 0 aliphatic carbocycles. The van der Waals surface area contributed by atoms with Gasteiger partial charge < -0.3 is 9.72 Å². The van der Waals surface area contributed by atoms with Crippen molar-refractivity contribution in [1.82, 2.24) is 14.7 Å². The molecule has 112 valence electrons. The van der Waals surface area contributed by atoms with Crippen LogP contribution in [0.5, 0.6) is 0 Å². The summed E-state index contributed by atoms with van der Waals surface area (Å²) >= 11 is 5.94. The van der Waals surface area contributed by atoms with Gasteiger partial charge in [0.1, 0.15) is 5.65 Å². The fourth-order valence-electron chi connectivity index (χ4n) is 2.26. The first-order chi connectivity index (χ1) is 10.5. The third-order valence-corrected chi connectivity index (χ3v) is 3.89. The van der Waals surface area contributed by atoms with Gasteiger partial charge in [-0.2, -0.15) is 0 Å². The van der Waals surface area contributed by atoms with E-state index < -0.39 is 0 Å². The normalized spacial score (nSPS) is 10.9. The fourth-order valence-corrected chi connectivity index (χ4v) is 2.43. The van der Waals surface area contributed by atoms with Crippen molar-refractivity contribution in [2.45, 2.75) is 20.4 Å². The van der Waals surface area contributed by atoms with Gasteiger partial charge in [-0.1, -0.05) is 17.7 Å². The molecule has 0 saturated carbocycles. The number of hydrogen-bond donors (Lipinski definition) is 1. The van der Waals surface area contributed by atoms with Crippen molar-refractivity contribution in [3.63, 3.8) is 0 Å². The Hall–Kier alpha value is -2.33. The Labute approximate surface area is 133 Å². The second kappa shape index (κ2) is 5.81. The highest BCUT2D eigenvalue weighted by Gasteiger charge is 2.08. The number of fused-ring (bicyclic) bond motifs is 1. The van der Waals surface area contributed by atoms with Crippen molar-refractivity contribution in [2.75, 3.05) is 0 Å². The fraction of sp³-hybridized carbons (Fsp3) is 0.176. The van der Waals surface area contributed by atoms with Crippen molar-refractivity contribution in [2.24, 2.45) is 0 Å². The number of pyridine rings is 1. The lowest BCUT2D eigenvalue weighted by Crippen LogP contribution is -2.23. The van der Waals surface area contributed by atoms with Crippen LogP contribution in [0.4, 0.5) is 0 Å². The number of imidazole rings is 1. The molecule has 0 spiro atoms. The molecule has 4 nitrogen and oxygen atoms in total. The lowest BCUT2D eigenvalue weighted by molar-refractivity contribution is 0.0950. The van der Waals surface area contributed by atoms with Crippen LogP contribution in [0.25, 0.3) is 5.65 Å². The molecule has 1 amide bonds. The van der Waals surface area contributed by atoms with Gasteiger partial charge in [-0.15, -0.1) is 0 Å². The summed E-state index contributed by atoms with van der Waals surface area (Å²) in [7, 11) is 0. The van der Waals surface area contributed by atoms with E-state index in [9.17, 15) is 4.79 Å². The van der Waals surface area contributed by atoms with Gasteiger partial charge in [-0.25, -0.2) is 4.98 Å². The van der Waals surface area contributed by atoms with E-state index in [1.807, 2.05) is 48.7 Å². The molecule has 0 aliphatic heterocycles. The Kier molecular flexibility index (Phi) is 3.86. The van der Waals surface area contributed by atoms with Gasteiger partial charge in [0, 0.05) is 18.0 Å². The van der Waals surface area contributed by atoms with Crippen LogP contribution in [0.3, 0.4) is 0 Å². The monoisotopic (exact) mass is 313 g/mol. The maximum absolute atomic E-state index is 12.2. The molecule has 5 heteroatoms. The molecule has 3 rings (SSSR count). The van der Waals surface area contributed by atoms with Crippen LogP contribution in [0, 0.1) is 13.8 Å².